The topological polar surface area (TPSA) is 92.2 Å². The fraction of sp³-hybridized carbons (Fsp3) is 0.474. The van der Waals surface area contributed by atoms with E-state index in [9.17, 15) is 5.11 Å². The highest BCUT2D eigenvalue weighted by Crippen LogP contribution is 2.49. The minimum Gasteiger partial charge on any atom is -0.508 e. The van der Waals surface area contributed by atoms with Crippen molar-refractivity contribution in [1.29, 1.82) is 0 Å². The van der Waals surface area contributed by atoms with E-state index >= 15 is 8.78 Å². The summed E-state index contributed by atoms with van der Waals surface area (Å²) in [6.45, 7) is 9.03. The van der Waals surface area contributed by atoms with Gasteiger partial charge in [-0.1, -0.05) is 12.0 Å². The number of halogens is 2. The zero-order valence-corrected chi connectivity index (χ0v) is 27.7. The molecule has 3 saturated heterocycles. The van der Waals surface area contributed by atoms with Crippen LogP contribution in [-0.4, -0.2) is 89.7 Å². The first kappa shape index (κ1) is 30.8. The van der Waals surface area contributed by atoms with Gasteiger partial charge in [-0.15, -0.1) is 6.42 Å². The van der Waals surface area contributed by atoms with Crippen molar-refractivity contribution in [2.24, 2.45) is 5.41 Å². The van der Waals surface area contributed by atoms with Gasteiger partial charge in [-0.3, -0.25) is 4.90 Å². The van der Waals surface area contributed by atoms with Crippen molar-refractivity contribution in [3.63, 3.8) is 0 Å². The lowest BCUT2D eigenvalue weighted by atomic mass is 9.92. The van der Waals surface area contributed by atoms with Gasteiger partial charge in [-0.05, 0) is 74.7 Å². The van der Waals surface area contributed by atoms with Crippen LogP contribution in [0, 0.1) is 29.4 Å². The van der Waals surface area contributed by atoms with Crippen LogP contribution in [0.2, 0.25) is 0 Å². The van der Waals surface area contributed by atoms with Crippen molar-refractivity contribution in [3.05, 3.63) is 47.5 Å². The summed E-state index contributed by atoms with van der Waals surface area (Å²) in [6.07, 6.45) is 9.90. The summed E-state index contributed by atoms with van der Waals surface area (Å²) in [7, 11) is 0. The van der Waals surface area contributed by atoms with Gasteiger partial charge < -0.3 is 29.5 Å². The largest absolute Gasteiger partial charge is 0.508 e. The Bertz CT molecular complexity index is 2060. The van der Waals surface area contributed by atoms with Gasteiger partial charge in [0.25, 0.3) is 0 Å². The second kappa shape index (κ2) is 11.1. The summed E-state index contributed by atoms with van der Waals surface area (Å²) >= 11 is 0. The van der Waals surface area contributed by atoms with Crippen LogP contribution < -0.4 is 19.7 Å². The molecule has 3 aromatic carbocycles. The molecule has 9 nitrogen and oxygen atoms in total. The van der Waals surface area contributed by atoms with E-state index in [4.69, 9.17) is 30.6 Å². The zero-order valence-electron chi connectivity index (χ0n) is 27.7. The number of nitrogens with one attached hydrogen (secondary N) is 1. The SMILES string of the molecule is C#Cc1c(F)ccc2cc(O)cc(-c3cc4c5c(nc(OCC6(CN7CCOC(C)(C)C7)CC6)nc5c3F)N3C[C@H]5CC[C@H](N5)[C@H]3CO4)c12. The molecule has 4 fully saturated rings. The number of fused-ring (bicyclic) bond motifs is 6. The number of aromatic hydroxyl groups is 1. The predicted molar refractivity (Wildman–Crippen MR) is 182 cm³/mol. The summed E-state index contributed by atoms with van der Waals surface area (Å²) < 4.78 is 51.0. The summed E-state index contributed by atoms with van der Waals surface area (Å²) in [6, 6.07) is 7.87. The van der Waals surface area contributed by atoms with Crippen LogP contribution in [0.15, 0.2) is 30.3 Å². The maximum absolute atomic E-state index is 17.2. The average Bonchev–Trinajstić information content (AvgIpc) is 3.76. The third-order valence-corrected chi connectivity index (χ3v) is 11.1. The molecule has 2 N–H and O–H groups in total. The number of ether oxygens (including phenoxy) is 3. The first-order valence-corrected chi connectivity index (χ1v) is 17.2. The van der Waals surface area contributed by atoms with E-state index in [0.29, 0.717) is 60.1 Å². The lowest BCUT2D eigenvalue weighted by molar-refractivity contribution is -0.0912. The van der Waals surface area contributed by atoms with Crippen LogP contribution in [0.4, 0.5) is 14.6 Å². The number of hydrogen-bond acceptors (Lipinski definition) is 9. The third-order valence-electron chi connectivity index (χ3n) is 11.1. The first-order chi connectivity index (χ1) is 23.6. The molecule has 0 unspecified atom stereocenters. The molecular formula is C38H39F2N5O4. The Kier molecular flexibility index (Phi) is 7.00. The molecule has 254 valence electrons. The Morgan fingerprint density at radius 1 is 1.12 bits per heavy atom. The van der Waals surface area contributed by atoms with Crippen LogP contribution >= 0.6 is 0 Å². The highest BCUT2D eigenvalue weighted by Gasteiger charge is 2.47. The lowest BCUT2D eigenvalue weighted by Crippen LogP contribution is -2.60. The average molecular weight is 668 g/mol. The summed E-state index contributed by atoms with van der Waals surface area (Å²) in [5.41, 5.74) is 0.158. The Labute approximate surface area is 283 Å². The number of piperazine rings is 1. The van der Waals surface area contributed by atoms with E-state index in [1.54, 1.807) is 6.07 Å². The fourth-order valence-corrected chi connectivity index (χ4v) is 8.55. The normalized spacial score (nSPS) is 25.0. The number of rotatable bonds is 6. The number of benzene rings is 3. The van der Waals surface area contributed by atoms with Crippen molar-refractivity contribution in [2.45, 2.75) is 63.3 Å². The number of anilines is 1. The highest BCUT2D eigenvalue weighted by molar-refractivity contribution is 6.06. The number of phenols is 1. The Balaban J connectivity index is 1.17. The van der Waals surface area contributed by atoms with Crippen LogP contribution in [-0.2, 0) is 4.74 Å². The number of terminal acetylenes is 1. The minimum atomic E-state index is -0.650. The number of nitrogens with zero attached hydrogens (tertiary/aromatic N) is 4. The third kappa shape index (κ3) is 5.23. The highest BCUT2D eigenvalue weighted by atomic mass is 19.1. The van der Waals surface area contributed by atoms with Gasteiger partial charge in [0.2, 0.25) is 0 Å². The first-order valence-electron chi connectivity index (χ1n) is 17.2. The Morgan fingerprint density at radius 3 is 2.78 bits per heavy atom. The van der Waals surface area contributed by atoms with Crippen molar-refractivity contribution in [2.75, 3.05) is 50.9 Å². The van der Waals surface area contributed by atoms with E-state index in [0.717, 1.165) is 45.3 Å². The molecule has 0 radical (unpaired) electrons. The van der Waals surface area contributed by atoms with Crippen LogP contribution in [0.25, 0.3) is 32.8 Å². The second-order valence-electron chi connectivity index (χ2n) is 15.1. The Hall–Kier alpha value is -4.24. The molecule has 1 aliphatic carbocycles. The minimum absolute atomic E-state index is 0.0104. The van der Waals surface area contributed by atoms with E-state index in [2.05, 4.69) is 34.9 Å². The van der Waals surface area contributed by atoms with Gasteiger partial charge >= 0.3 is 6.01 Å². The van der Waals surface area contributed by atoms with Gasteiger partial charge in [0.15, 0.2) is 5.82 Å². The molecule has 4 aliphatic heterocycles. The van der Waals surface area contributed by atoms with E-state index < -0.39 is 11.6 Å². The molecule has 11 heteroatoms. The van der Waals surface area contributed by atoms with Crippen LogP contribution in [0.5, 0.6) is 17.5 Å². The summed E-state index contributed by atoms with van der Waals surface area (Å²) in [4.78, 5) is 14.4. The number of morpholine rings is 1. The number of phenolic OH excluding ortho intramolecular Hbond substituents is 1. The van der Waals surface area contributed by atoms with Crippen molar-refractivity contribution >= 4 is 27.5 Å². The zero-order chi connectivity index (χ0) is 33.7. The predicted octanol–water partition coefficient (Wildman–Crippen LogP) is 5.39. The van der Waals surface area contributed by atoms with E-state index in [-0.39, 0.29) is 57.1 Å². The van der Waals surface area contributed by atoms with Crippen molar-refractivity contribution in [1.82, 2.24) is 20.2 Å². The van der Waals surface area contributed by atoms with Crippen molar-refractivity contribution in [3.8, 4) is 41.0 Å². The molecule has 49 heavy (non-hydrogen) atoms. The molecular weight excluding hydrogens is 628 g/mol. The maximum atomic E-state index is 17.2. The molecule has 1 aromatic heterocycles. The van der Waals surface area contributed by atoms with Gasteiger partial charge in [-0.25, -0.2) is 8.78 Å². The van der Waals surface area contributed by atoms with Crippen molar-refractivity contribution < 1.29 is 28.1 Å². The standard InChI is InChI=1S/C38H39F2N5O4/c1-4-24-27(39)7-5-21-13-23(46)14-25(31(21)24)26-15-30-32-34(33(26)40)42-36(43-35(32)45-16-22-6-8-28(41-22)29(45)17-47-30)48-20-38(9-10-38)19-44-11-12-49-37(2,3)18-44/h1,5,7,13-15,22,28-29,41,46H,6,8-12,16-20H2,2-3H3/t22-,28+,29-/m1/s1. The molecule has 3 atom stereocenters. The molecule has 5 heterocycles. The fourth-order valence-electron chi connectivity index (χ4n) is 8.55. The molecule has 0 amide bonds. The quantitative estimate of drug-likeness (QED) is 0.263. The molecule has 9 rings (SSSR count). The molecule has 4 aromatic rings. The number of hydrogen-bond donors (Lipinski definition) is 2. The van der Waals surface area contributed by atoms with Gasteiger partial charge in [0.05, 0.1) is 35.8 Å². The van der Waals surface area contributed by atoms with E-state index in [1.165, 1.54) is 24.3 Å². The summed E-state index contributed by atoms with van der Waals surface area (Å²) in [5, 5.41) is 15.7. The van der Waals surface area contributed by atoms with Crippen LogP contribution in [0.1, 0.15) is 45.1 Å². The molecule has 2 bridgehead atoms. The monoisotopic (exact) mass is 667 g/mol. The maximum Gasteiger partial charge on any atom is 0.319 e. The Morgan fingerprint density at radius 2 is 1.98 bits per heavy atom. The van der Waals surface area contributed by atoms with Gasteiger partial charge in [-0.2, -0.15) is 9.97 Å². The molecule has 5 aliphatic rings. The van der Waals surface area contributed by atoms with Crippen LogP contribution in [0.3, 0.4) is 0 Å². The van der Waals surface area contributed by atoms with E-state index in [1.807, 2.05) is 0 Å². The van der Waals surface area contributed by atoms with Gasteiger partial charge in [0.1, 0.15) is 35.3 Å². The lowest BCUT2D eigenvalue weighted by Gasteiger charge is -2.40. The smallest absolute Gasteiger partial charge is 0.319 e. The molecule has 1 saturated carbocycles. The number of aromatic nitrogens is 2. The second-order valence-corrected chi connectivity index (χ2v) is 15.1. The molecule has 0 spiro atoms. The van der Waals surface area contributed by atoms with Gasteiger partial charge in [0, 0.05) is 54.6 Å². The summed E-state index contributed by atoms with van der Waals surface area (Å²) in [5.74, 6) is 2.09.